The number of rotatable bonds is 7. The molecule has 0 bridgehead atoms. The molecule has 0 fully saturated rings. The summed E-state index contributed by atoms with van der Waals surface area (Å²) < 4.78 is 22.0. The van der Waals surface area contributed by atoms with Crippen molar-refractivity contribution in [3.8, 4) is 11.5 Å². The third kappa shape index (κ3) is 4.56. The molecule has 1 atom stereocenters. The van der Waals surface area contributed by atoms with Gasteiger partial charge in [0.25, 0.3) is 5.76 Å². The zero-order valence-corrected chi connectivity index (χ0v) is 17.2. The number of furan rings is 1. The smallest absolute Gasteiger partial charge is 0.378 e. The molecule has 150 valence electrons. The van der Waals surface area contributed by atoms with E-state index in [4.69, 9.17) is 18.6 Å². The largest absolute Gasteiger partial charge is 0.497 e. The monoisotopic (exact) mass is 378 g/mol. The lowest BCUT2D eigenvalue weighted by molar-refractivity contribution is -0.0639. The van der Waals surface area contributed by atoms with Crippen molar-refractivity contribution in [2.24, 2.45) is 10.8 Å². The molecule has 1 heterocycles. The van der Waals surface area contributed by atoms with Crippen LogP contribution in [0.15, 0.2) is 22.6 Å². The van der Waals surface area contributed by atoms with Crippen LogP contribution in [0.3, 0.4) is 0 Å². The minimum atomic E-state index is -0.649. The van der Waals surface area contributed by atoms with Gasteiger partial charge in [-0.1, -0.05) is 34.6 Å². The zero-order chi connectivity index (χ0) is 20.4. The number of carbonyl (C=O) groups is 1. The first-order chi connectivity index (χ1) is 12.5. The Hall–Kier alpha value is -2.21. The Morgan fingerprint density at radius 3 is 2.44 bits per heavy atom. The Kier molecular flexibility index (Phi) is 6.10. The lowest BCUT2D eigenvalue weighted by Gasteiger charge is -2.38. The van der Waals surface area contributed by atoms with E-state index in [1.54, 1.807) is 25.3 Å². The topological polar surface area (TPSA) is 78.1 Å². The van der Waals surface area contributed by atoms with Crippen LogP contribution in [0.2, 0.25) is 0 Å². The highest BCUT2D eigenvalue weighted by molar-refractivity contribution is 5.99. The summed E-state index contributed by atoms with van der Waals surface area (Å²) in [7, 11) is 1.57. The van der Waals surface area contributed by atoms with E-state index < -0.39 is 17.5 Å². The number of carbonyl (C=O) groups excluding carboxylic acids is 1. The maximum atomic E-state index is 12.7. The third-order valence-corrected chi connectivity index (χ3v) is 4.46. The molecule has 2 aromatic rings. The first kappa shape index (κ1) is 21.1. The fraction of sp³-hybridized carbons (Fsp3) is 0.571. The van der Waals surface area contributed by atoms with Crippen LogP contribution in [-0.2, 0) is 4.74 Å². The molecule has 0 saturated heterocycles. The number of esters is 1. The molecule has 0 aliphatic heterocycles. The van der Waals surface area contributed by atoms with Crippen LogP contribution in [-0.4, -0.2) is 37.5 Å². The molecule has 0 aliphatic rings. The van der Waals surface area contributed by atoms with Gasteiger partial charge in [0.2, 0.25) is 0 Å². The Morgan fingerprint density at radius 2 is 1.89 bits per heavy atom. The fourth-order valence-corrected chi connectivity index (χ4v) is 3.17. The second-order valence-corrected chi connectivity index (χ2v) is 8.39. The third-order valence-electron chi connectivity index (χ3n) is 4.46. The summed E-state index contributed by atoms with van der Waals surface area (Å²) in [6.07, 6.45) is -0.649. The molecule has 0 radical (unpaired) electrons. The number of hydrogen-bond acceptors (Lipinski definition) is 6. The predicted octanol–water partition coefficient (Wildman–Crippen LogP) is 4.43. The molecule has 1 unspecified atom stereocenters. The summed E-state index contributed by atoms with van der Waals surface area (Å²) in [4.78, 5) is 12.7. The lowest BCUT2D eigenvalue weighted by Crippen LogP contribution is -2.43. The van der Waals surface area contributed by atoms with Gasteiger partial charge in [-0.25, -0.2) is 4.79 Å². The molecule has 6 heteroatoms. The minimum absolute atomic E-state index is 0.0150. The zero-order valence-electron chi connectivity index (χ0n) is 17.2. The number of methoxy groups -OCH3 is 1. The predicted molar refractivity (Wildman–Crippen MR) is 103 cm³/mol. The number of aliphatic hydroxyl groups excluding tert-OH is 1. The number of benzene rings is 1. The highest BCUT2D eigenvalue weighted by Crippen LogP contribution is 2.37. The van der Waals surface area contributed by atoms with E-state index in [-0.39, 0.29) is 17.8 Å². The maximum absolute atomic E-state index is 12.7. The standard InChI is InChI=1S/C21H30O6/c1-8-25-16-14-11-13(24-7)9-10-15(14)27-17(16)18(22)26-12-21(5,6)19(23)20(2,3)4/h9-11,19,23H,8,12H2,1-7H3. The minimum Gasteiger partial charge on any atom is -0.497 e. The number of hydrogen-bond donors (Lipinski definition) is 1. The molecule has 1 aromatic heterocycles. The number of ether oxygens (including phenoxy) is 3. The first-order valence-corrected chi connectivity index (χ1v) is 9.09. The quantitative estimate of drug-likeness (QED) is 0.718. The summed E-state index contributed by atoms with van der Waals surface area (Å²) in [5.41, 5.74) is -0.433. The molecule has 1 aromatic carbocycles. The highest BCUT2D eigenvalue weighted by Gasteiger charge is 2.38. The summed E-state index contributed by atoms with van der Waals surface area (Å²) >= 11 is 0. The maximum Gasteiger partial charge on any atom is 0.378 e. The average molecular weight is 378 g/mol. The highest BCUT2D eigenvalue weighted by atomic mass is 16.6. The van der Waals surface area contributed by atoms with Crippen molar-refractivity contribution < 1.29 is 28.5 Å². The summed E-state index contributed by atoms with van der Waals surface area (Å²) in [5, 5.41) is 11.2. The SMILES string of the molecule is CCOc1c(C(=O)OCC(C)(C)C(O)C(C)(C)C)oc2ccc(OC)cc12. The van der Waals surface area contributed by atoms with Crippen molar-refractivity contribution >= 4 is 16.9 Å². The summed E-state index contributed by atoms with van der Waals surface area (Å²) in [6, 6.07) is 5.23. The first-order valence-electron chi connectivity index (χ1n) is 9.09. The summed E-state index contributed by atoms with van der Waals surface area (Å²) in [6.45, 7) is 11.8. The molecular weight excluding hydrogens is 348 g/mol. The van der Waals surface area contributed by atoms with E-state index in [9.17, 15) is 9.90 Å². The molecule has 6 nitrogen and oxygen atoms in total. The van der Waals surface area contributed by atoms with Gasteiger partial charge in [-0.15, -0.1) is 0 Å². The lowest BCUT2D eigenvalue weighted by atomic mass is 9.73. The van der Waals surface area contributed by atoms with Crippen molar-refractivity contribution in [1.29, 1.82) is 0 Å². The van der Waals surface area contributed by atoms with Crippen molar-refractivity contribution in [2.75, 3.05) is 20.3 Å². The van der Waals surface area contributed by atoms with Crippen molar-refractivity contribution in [1.82, 2.24) is 0 Å². The number of aliphatic hydroxyl groups is 1. The molecule has 0 aliphatic carbocycles. The van der Waals surface area contributed by atoms with Gasteiger partial charge in [-0.05, 0) is 30.5 Å². The van der Waals surface area contributed by atoms with Gasteiger partial charge in [0, 0.05) is 5.41 Å². The van der Waals surface area contributed by atoms with Crippen LogP contribution < -0.4 is 9.47 Å². The molecule has 27 heavy (non-hydrogen) atoms. The second-order valence-electron chi connectivity index (χ2n) is 8.39. The van der Waals surface area contributed by atoms with E-state index >= 15 is 0 Å². The molecule has 0 spiro atoms. The number of fused-ring (bicyclic) bond motifs is 1. The van der Waals surface area contributed by atoms with Crippen molar-refractivity contribution in [3.05, 3.63) is 24.0 Å². The average Bonchev–Trinajstić information content (AvgIpc) is 2.96. The van der Waals surface area contributed by atoms with Gasteiger partial charge in [0.15, 0.2) is 5.75 Å². The van der Waals surface area contributed by atoms with Gasteiger partial charge < -0.3 is 23.7 Å². The van der Waals surface area contributed by atoms with Crippen LogP contribution in [0, 0.1) is 10.8 Å². The fourth-order valence-electron chi connectivity index (χ4n) is 3.17. The van der Waals surface area contributed by atoms with Gasteiger partial charge in [-0.3, -0.25) is 0 Å². The molecule has 2 rings (SSSR count). The summed E-state index contributed by atoms with van der Waals surface area (Å²) in [5.74, 6) is 0.369. The van der Waals surface area contributed by atoms with Gasteiger partial charge in [0.1, 0.15) is 11.3 Å². The van der Waals surface area contributed by atoms with Gasteiger partial charge >= 0.3 is 5.97 Å². The van der Waals surface area contributed by atoms with Crippen molar-refractivity contribution in [2.45, 2.75) is 47.6 Å². The Bertz CT molecular complexity index is 797. The van der Waals surface area contributed by atoms with Crippen LogP contribution >= 0.6 is 0 Å². The Balaban J connectivity index is 2.28. The van der Waals surface area contributed by atoms with Gasteiger partial charge in [0.05, 0.1) is 31.8 Å². The van der Waals surface area contributed by atoms with E-state index in [1.807, 2.05) is 41.5 Å². The van der Waals surface area contributed by atoms with E-state index in [0.29, 0.717) is 29.1 Å². The van der Waals surface area contributed by atoms with Crippen LogP contribution in [0.1, 0.15) is 52.1 Å². The molecule has 1 N–H and O–H groups in total. The molecule has 0 saturated carbocycles. The Morgan fingerprint density at radius 1 is 1.22 bits per heavy atom. The second kappa shape index (κ2) is 7.80. The van der Waals surface area contributed by atoms with Crippen molar-refractivity contribution in [3.63, 3.8) is 0 Å². The van der Waals surface area contributed by atoms with E-state index in [2.05, 4.69) is 0 Å². The van der Waals surface area contributed by atoms with Crippen LogP contribution in [0.25, 0.3) is 11.0 Å². The van der Waals surface area contributed by atoms with Gasteiger partial charge in [-0.2, -0.15) is 0 Å². The van der Waals surface area contributed by atoms with Crippen LogP contribution in [0.5, 0.6) is 11.5 Å². The normalized spacial score (nSPS) is 13.5. The molecule has 0 amide bonds. The molecular formula is C21H30O6. The Labute approximate surface area is 160 Å². The van der Waals surface area contributed by atoms with E-state index in [0.717, 1.165) is 0 Å². The van der Waals surface area contributed by atoms with E-state index in [1.165, 1.54) is 0 Å². The van der Waals surface area contributed by atoms with Crippen LogP contribution in [0.4, 0.5) is 0 Å².